The summed E-state index contributed by atoms with van der Waals surface area (Å²) >= 11 is 0.883. The van der Waals surface area contributed by atoms with Gasteiger partial charge in [-0.25, -0.2) is 0 Å². The van der Waals surface area contributed by atoms with E-state index in [0.717, 1.165) is 20.2 Å². The second kappa shape index (κ2) is 2.20. The summed E-state index contributed by atoms with van der Waals surface area (Å²) in [6.45, 7) is 0. The summed E-state index contributed by atoms with van der Waals surface area (Å²) in [6.07, 6.45) is 0. The van der Waals surface area contributed by atoms with Gasteiger partial charge < -0.3 is 0 Å². The number of hydrogen-bond acceptors (Lipinski definition) is 2. The topological polar surface area (TPSA) is 66.8 Å². The molecule has 0 aliphatic rings. The average molecular weight is 193 g/mol. The molecule has 0 fully saturated rings. The fourth-order valence-electron chi connectivity index (χ4n) is 0. The Hall–Kier alpha value is 0.798. The Labute approximate surface area is 46.1 Å². The van der Waals surface area contributed by atoms with Gasteiger partial charge in [0.15, 0.2) is 0 Å². The molecule has 0 aromatic heterocycles. The third-order valence-corrected chi connectivity index (χ3v) is 1.72. The number of hydrogen-bond donors (Lipinski definition) is 2. The second-order valence-electron chi connectivity index (χ2n) is 0.565. The van der Waals surface area contributed by atoms with E-state index in [1.807, 2.05) is 0 Å². The predicted octanol–water partition coefficient (Wildman–Crippen LogP) is -0.443. The normalized spacial score (nSPS) is 11.7. The zero-order valence-corrected chi connectivity index (χ0v) is 5.47. The van der Waals surface area contributed by atoms with Crippen LogP contribution in [0.3, 0.4) is 0 Å². The van der Waals surface area contributed by atoms with Gasteiger partial charge in [-0.2, -0.15) is 0 Å². The van der Waals surface area contributed by atoms with Gasteiger partial charge in [0.2, 0.25) is 0 Å². The molecule has 6 heteroatoms. The van der Waals surface area contributed by atoms with Crippen molar-refractivity contribution >= 4 is 7.82 Å². The van der Waals surface area contributed by atoms with Crippen LogP contribution < -0.4 is 0 Å². The van der Waals surface area contributed by atoms with Crippen LogP contribution in [0.5, 0.6) is 0 Å². The third kappa shape index (κ3) is 4.80. The molecule has 0 aromatic rings. The van der Waals surface area contributed by atoms with E-state index in [2.05, 4.69) is 3.18 Å². The van der Waals surface area contributed by atoms with Crippen LogP contribution in [-0.2, 0) is 27.9 Å². The average Bonchev–Trinajstić information content (AvgIpc) is 1.35. The van der Waals surface area contributed by atoms with Gasteiger partial charge in [-0.05, 0) is 0 Å². The van der Waals surface area contributed by atoms with Crippen LogP contribution in [0.25, 0.3) is 0 Å². The maximum absolute atomic E-state index is 9.47. The Morgan fingerprint density at radius 2 is 1.83 bits per heavy atom. The summed E-state index contributed by atoms with van der Waals surface area (Å²) in [5.41, 5.74) is 0. The van der Waals surface area contributed by atoms with E-state index in [4.69, 9.17) is 9.79 Å². The summed E-state index contributed by atoms with van der Waals surface area (Å²) < 4.78 is 13.1. The zero-order valence-electron chi connectivity index (χ0n) is 2.57. The van der Waals surface area contributed by atoms with Crippen molar-refractivity contribution in [3.05, 3.63) is 0 Å². The molecular formula is H2MoO4P. The standard InChI is InChI=1S/Mo.H3O4P/c;1-5(2,3)4/h;(H3,1,2,3,4)/q+1;/p-1. The Morgan fingerprint density at radius 3 is 1.83 bits per heavy atom. The number of rotatable bonds is 1. The Morgan fingerprint density at radius 1 is 1.67 bits per heavy atom. The fraction of sp³-hybridized carbons (Fsp3) is 0. The maximum atomic E-state index is 9.47. The second-order valence-corrected chi connectivity index (χ2v) is 2.79. The van der Waals surface area contributed by atoms with Crippen molar-refractivity contribution in [3.8, 4) is 0 Å². The van der Waals surface area contributed by atoms with Crippen molar-refractivity contribution < 1.29 is 37.7 Å². The summed E-state index contributed by atoms with van der Waals surface area (Å²) in [5, 5.41) is 0. The van der Waals surface area contributed by atoms with Gasteiger partial charge in [0.05, 0.1) is 0 Å². The molecule has 0 spiro atoms. The van der Waals surface area contributed by atoms with Crippen molar-refractivity contribution in [2.45, 2.75) is 0 Å². The SMILES string of the molecule is O=P(O)(O)[O][Mo]. The van der Waals surface area contributed by atoms with E-state index < -0.39 is 7.82 Å². The monoisotopic (exact) mass is 195 g/mol. The molecule has 0 bridgehead atoms. The van der Waals surface area contributed by atoms with Crippen LogP contribution in [-0.4, -0.2) is 9.79 Å². The van der Waals surface area contributed by atoms with E-state index in [9.17, 15) is 4.57 Å². The Bertz CT molecular complexity index is 71.6. The molecule has 0 heterocycles. The van der Waals surface area contributed by atoms with Gasteiger partial charge >= 0.3 is 45.5 Å². The summed E-state index contributed by atoms with van der Waals surface area (Å²) in [4.78, 5) is 15.4. The molecule has 37 valence electrons. The molecule has 2 N–H and O–H groups in total. The Balaban J connectivity index is 3.48. The van der Waals surface area contributed by atoms with Gasteiger partial charge in [-0.15, -0.1) is 0 Å². The van der Waals surface area contributed by atoms with Crippen molar-refractivity contribution in [2.24, 2.45) is 0 Å². The van der Waals surface area contributed by atoms with Crippen LogP contribution in [0, 0.1) is 0 Å². The van der Waals surface area contributed by atoms with Crippen molar-refractivity contribution in [2.75, 3.05) is 0 Å². The molecule has 0 amide bonds. The fourth-order valence-corrected chi connectivity index (χ4v) is 0. The molecule has 0 aliphatic carbocycles. The minimum absolute atomic E-state index is 0.883. The van der Waals surface area contributed by atoms with E-state index in [1.165, 1.54) is 0 Å². The van der Waals surface area contributed by atoms with E-state index >= 15 is 0 Å². The van der Waals surface area contributed by atoms with Crippen LogP contribution in [0.1, 0.15) is 0 Å². The molecule has 0 rings (SSSR count). The summed E-state index contributed by atoms with van der Waals surface area (Å²) in [6, 6.07) is 0. The number of phosphoric acid groups is 1. The molecule has 0 radical (unpaired) electrons. The van der Waals surface area contributed by atoms with Crippen molar-refractivity contribution in [3.63, 3.8) is 0 Å². The molecule has 0 unspecified atom stereocenters. The van der Waals surface area contributed by atoms with Gasteiger partial charge in [0.25, 0.3) is 0 Å². The quantitative estimate of drug-likeness (QED) is 0.437. The molecule has 0 saturated heterocycles. The minimum atomic E-state index is -4.14. The van der Waals surface area contributed by atoms with Gasteiger partial charge in [-0.3, -0.25) is 0 Å². The molecule has 0 aliphatic heterocycles. The first-order valence-corrected chi connectivity index (χ1v) is 3.28. The molecule has 4 nitrogen and oxygen atoms in total. The molecule has 6 heavy (non-hydrogen) atoms. The molecule has 0 atom stereocenters. The molecule has 0 saturated carbocycles. The summed E-state index contributed by atoms with van der Waals surface area (Å²) in [5.74, 6) is 0. The first-order valence-electron chi connectivity index (χ1n) is 0.932. The van der Waals surface area contributed by atoms with E-state index in [-0.39, 0.29) is 0 Å². The zero-order chi connectivity index (χ0) is 5.21. The van der Waals surface area contributed by atoms with Crippen LogP contribution in [0.15, 0.2) is 0 Å². The molecule has 0 aromatic carbocycles. The van der Waals surface area contributed by atoms with Gasteiger partial charge in [0, 0.05) is 0 Å². The van der Waals surface area contributed by atoms with Gasteiger partial charge in [0.1, 0.15) is 0 Å². The van der Waals surface area contributed by atoms with Crippen LogP contribution in [0.2, 0.25) is 0 Å². The summed E-state index contributed by atoms with van der Waals surface area (Å²) in [7, 11) is -4.14. The first kappa shape index (κ1) is 6.80. The predicted molar refractivity (Wildman–Crippen MR) is 13.1 cm³/mol. The van der Waals surface area contributed by atoms with Crippen LogP contribution in [0.4, 0.5) is 0 Å². The van der Waals surface area contributed by atoms with E-state index in [1.54, 1.807) is 0 Å². The van der Waals surface area contributed by atoms with Crippen molar-refractivity contribution in [1.82, 2.24) is 0 Å². The van der Waals surface area contributed by atoms with Gasteiger partial charge in [-0.1, -0.05) is 0 Å². The first-order chi connectivity index (χ1) is 2.56. The van der Waals surface area contributed by atoms with E-state index in [0.29, 0.717) is 0 Å². The Kier molecular flexibility index (Phi) is 2.49. The van der Waals surface area contributed by atoms with Crippen molar-refractivity contribution in [1.29, 1.82) is 0 Å². The van der Waals surface area contributed by atoms with Crippen LogP contribution >= 0.6 is 7.82 Å². The third-order valence-electron chi connectivity index (χ3n) is 0.0971. The molecular weight excluding hydrogens is 191 g/mol.